The summed E-state index contributed by atoms with van der Waals surface area (Å²) in [7, 11) is 0. The molecule has 18 heavy (non-hydrogen) atoms. The number of aromatic nitrogens is 2. The number of benzene rings is 1. The average Bonchev–Trinajstić information content (AvgIpc) is 2.39. The highest BCUT2D eigenvalue weighted by Gasteiger charge is 2.00. The summed E-state index contributed by atoms with van der Waals surface area (Å²) in [5, 5.41) is 11.7. The van der Waals surface area contributed by atoms with E-state index in [4.69, 9.17) is 5.26 Å². The monoisotopic (exact) mass is 240 g/mol. The Hall–Kier alpha value is -2.61. The third-order valence-corrected chi connectivity index (χ3v) is 2.43. The molecule has 2 rings (SSSR count). The van der Waals surface area contributed by atoms with Crippen LogP contribution in [0, 0.1) is 11.3 Å². The Labute approximate surface area is 104 Å². The summed E-state index contributed by atoms with van der Waals surface area (Å²) >= 11 is 0. The molecule has 0 unspecified atom stereocenters. The number of H-pyrrole nitrogens is 1. The average molecular weight is 240 g/mol. The molecule has 0 aliphatic heterocycles. The van der Waals surface area contributed by atoms with Gasteiger partial charge in [-0.3, -0.25) is 9.78 Å². The number of rotatable bonds is 3. The number of nitrogens with one attached hydrogen (secondary N) is 2. The highest BCUT2D eigenvalue weighted by Crippen LogP contribution is 2.12. The van der Waals surface area contributed by atoms with E-state index in [9.17, 15) is 4.79 Å². The molecular weight excluding hydrogens is 228 g/mol. The Morgan fingerprint density at radius 2 is 2.11 bits per heavy atom. The molecule has 2 N–H and O–H groups in total. The van der Waals surface area contributed by atoms with Crippen LogP contribution in [0.1, 0.15) is 18.2 Å². The fraction of sp³-hybridized carbons (Fsp3) is 0.154. The molecule has 0 aliphatic carbocycles. The van der Waals surface area contributed by atoms with Crippen LogP contribution < -0.4 is 10.9 Å². The number of aromatic amines is 1. The highest BCUT2D eigenvalue weighted by atomic mass is 16.1. The van der Waals surface area contributed by atoms with Gasteiger partial charge in [0.1, 0.15) is 0 Å². The Balaban J connectivity index is 2.25. The van der Waals surface area contributed by atoms with Gasteiger partial charge in [0, 0.05) is 17.4 Å². The molecule has 0 fully saturated rings. The molecule has 1 aromatic carbocycles. The Morgan fingerprint density at radius 1 is 1.39 bits per heavy atom. The summed E-state index contributed by atoms with van der Waals surface area (Å²) < 4.78 is 0. The molecule has 0 amide bonds. The van der Waals surface area contributed by atoms with Crippen LogP contribution in [0.25, 0.3) is 0 Å². The topological polar surface area (TPSA) is 81.6 Å². The van der Waals surface area contributed by atoms with E-state index >= 15 is 0 Å². The second-order valence-corrected chi connectivity index (χ2v) is 3.75. The van der Waals surface area contributed by atoms with Crippen LogP contribution in [0.5, 0.6) is 0 Å². The van der Waals surface area contributed by atoms with Crippen LogP contribution in [0.4, 0.5) is 11.6 Å². The summed E-state index contributed by atoms with van der Waals surface area (Å²) in [6, 6.07) is 10.4. The molecule has 0 spiro atoms. The van der Waals surface area contributed by atoms with Crippen molar-refractivity contribution in [3.8, 4) is 6.07 Å². The molecule has 90 valence electrons. The van der Waals surface area contributed by atoms with Crippen molar-refractivity contribution < 1.29 is 0 Å². The lowest BCUT2D eigenvalue weighted by molar-refractivity contribution is 0.986. The first kappa shape index (κ1) is 11.9. The zero-order valence-electron chi connectivity index (χ0n) is 9.90. The minimum Gasteiger partial charge on any atom is -0.326 e. The first-order valence-corrected chi connectivity index (χ1v) is 5.58. The first-order valence-electron chi connectivity index (χ1n) is 5.58. The van der Waals surface area contributed by atoms with E-state index in [1.807, 2.05) is 13.0 Å². The second kappa shape index (κ2) is 5.15. The maximum absolute atomic E-state index is 11.4. The zero-order chi connectivity index (χ0) is 13.0. The van der Waals surface area contributed by atoms with Gasteiger partial charge in [-0.05, 0) is 30.7 Å². The summed E-state index contributed by atoms with van der Waals surface area (Å²) in [6.45, 7) is 1.94. The predicted molar refractivity (Wildman–Crippen MR) is 68.7 cm³/mol. The molecule has 0 radical (unpaired) electrons. The maximum Gasteiger partial charge on any atom is 0.252 e. The van der Waals surface area contributed by atoms with Crippen molar-refractivity contribution in [2.45, 2.75) is 13.3 Å². The van der Waals surface area contributed by atoms with E-state index in [1.54, 1.807) is 24.3 Å². The normalized spacial score (nSPS) is 9.78. The SMILES string of the molecule is CCc1cc(=O)[nH]c(Nc2ccc(C#N)cc2)n1. The Kier molecular flexibility index (Phi) is 3.39. The van der Waals surface area contributed by atoms with E-state index in [-0.39, 0.29) is 5.56 Å². The second-order valence-electron chi connectivity index (χ2n) is 3.75. The van der Waals surface area contributed by atoms with Crippen molar-refractivity contribution in [1.82, 2.24) is 9.97 Å². The van der Waals surface area contributed by atoms with Crippen LogP contribution in [-0.4, -0.2) is 9.97 Å². The van der Waals surface area contributed by atoms with Gasteiger partial charge in [0.05, 0.1) is 11.6 Å². The standard InChI is InChI=1S/C13H12N4O/c1-2-10-7-12(18)17-13(15-10)16-11-5-3-9(8-14)4-6-11/h3-7H,2H2,1H3,(H2,15,16,17,18). The Bertz CT molecular complexity index is 637. The molecule has 0 saturated heterocycles. The van der Waals surface area contributed by atoms with Gasteiger partial charge in [0.25, 0.3) is 5.56 Å². The number of hydrogen-bond donors (Lipinski definition) is 2. The van der Waals surface area contributed by atoms with Gasteiger partial charge < -0.3 is 5.32 Å². The van der Waals surface area contributed by atoms with Crippen molar-refractivity contribution >= 4 is 11.6 Å². The van der Waals surface area contributed by atoms with E-state index in [2.05, 4.69) is 15.3 Å². The lowest BCUT2D eigenvalue weighted by Crippen LogP contribution is -2.11. The van der Waals surface area contributed by atoms with Crippen molar-refractivity contribution in [2.75, 3.05) is 5.32 Å². The van der Waals surface area contributed by atoms with Crippen LogP contribution in [0.2, 0.25) is 0 Å². The van der Waals surface area contributed by atoms with Crippen molar-refractivity contribution in [3.05, 3.63) is 51.9 Å². The summed E-state index contributed by atoms with van der Waals surface area (Å²) in [5.74, 6) is 0.407. The van der Waals surface area contributed by atoms with Crippen molar-refractivity contribution in [2.24, 2.45) is 0 Å². The van der Waals surface area contributed by atoms with Gasteiger partial charge in [-0.1, -0.05) is 6.92 Å². The van der Waals surface area contributed by atoms with Crippen molar-refractivity contribution in [3.63, 3.8) is 0 Å². The van der Waals surface area contributed by atoms with Gasteiger partial charge in [0.2, 0.25) is 5.95 Å². The van der Waals surface area contributed by atoms with Crippen LogP contribution >= 0.6 is 0 Å². The van der Waals surface area contributed by atoms with Crippen LogP contribution in [-0.2, 0) is 6.42 Å². The van der Waals surface area contributed by atoms with Gasteiger partial charge in [-0.2, -0.15) is 5.26 Å². The molecular formula is C13H12N4O. The molecule has 1 heterocycles. The summed E-state index contributed by atoms with van der Waals surface area (Å²) in [5.41, 5.74) is 1.91. The fourth-order valence-electron chi connectivity index (χ4n) is 1.51. The minimum absolute atomic E-state index is 0.182. The molecule has 2 aromatic rings. The quantitative estimate of drug-likeness (QED) is 0.859. The maximum atomic E-state index is 11.4. The Morgan fingerprint density at radius 3 is 2.72 bits per heavy atom. The van der Waals surface area contributed by atoms with Gasteiger partial charge in [-0.25, -0.2) is 4.98 Å². The summed E-state index contributed by atoms with van der Waals surface area (Å²) in [6.07, 6.45) is 0.700. The van der Waals surface area contributed by atoms with Gasteiger partial charge in [0.15, 0.2) is 0 Å². The zero-order valence-corrected chi connectivity index (χ0v) is 9.90. The molecule has 5 heteroatoms. The van der Waals surface area contributed by atoms with Gasteiger partial charge >= 0.3 is 0 Å². The van der Waals surface area contributed by atoms with E-state index < -0.39 is 0 Å². The molecule has 0 aliphatic rings. The van der Waals surface area contributed by atoms with E-state index in [1.165, 1.54) is 6.07 Å². The van der Waals surface area contributed by atoms with E-state index in [0.29, 0.717) is 17.9 Å². The number of hydrogen-bond acceptors (Lipinski definition) is 4. The third kappa shape index (κ3) is 2.74. The van der Waals surface area contributed by atoms with Crippen LogP contribution in [0.3, 0.4) is 0 Å². The number of nitriles is 1. The van der Waals surface area contributed by atoms with Crippen LogP contribution in [0.15, 0.2) is 35.1 Å². The number of anilines is 2. The van der Waals surface area contributed by atoms with Gasteiger partial charge in [-0.15, -0.1) is 0 Å². The predicted octanol–water partition coefficient (Wildman–Crippen LogP) is 1.95. The largest absolute Gasteiger partial charge is 0.326 e. The van der Waals surface area contributed by atoms with E-state index in [0.717, 1.165) is 11.4 Å². The minimum atomic E-state index is -0.182. The first-order chi connectivity index (χ1) is 8.71. The molecule has 1 aromatic heterocycles. The highest BCUT2D eigenvalue weighted by molar-refractivity contribution is 5.54. The summed E-state index contributed by atoms with van der Waals surface area (Å²) in [4.78, 5) is 18.3. The smallest absolute Gasteiger partial charge is 0.252 e. The number of aryl methyl sites for hydroxylation is 1. The lowest BCUT2D eigenvalue weighted by atomic mass is 10.2. The molecule has 5 nitrogen and oxygen atoms in total. The molecule has 0 saturated carbocycles. The number of nitrogens with zero attached hydrogens (tertiary/aromatic N) is 2. The molecule has 0 atom stereocenters. The lowest BCUT2D eigenvalue weighted by Gasteiger charge is -2.06. The fourth-order valence-corrected chi connectivity index (χ4v) is 1.51. The third-order valence-electron chi connectivity index (χ3n) is 2.43. The molecule has 0 bridgehead atoms. The van der Waals surface area contributed by atoms with Crippen molar-refractivity contribution in [1.29, 1.82) is 5.26 Å².